The number of benzene rings is 1. The van der Waals surface area contributed by atoms with Crippen LogP contribution in [-0.4, -0.2) is 28.3 Å². The average molecular weight is 426 g/mol. The monoisotopic (exact) mass is 425 g/mol. The van der Waals surface area contributed by atoms with Gasteiger partial charge in [-0.1, -0.05) is 95.8 Å². The average Bonchev–Trinajstić information content (AvgIpc) is 2.96. The number of hydrogen-bond donors (Lipinski definition) is 1. The third-order valence-corrected chi connectivity index (χ3v) is 7.58. The molecule has 0 fully saturated rings. The number of amidine groups is 1. The molecular formula is C28H45N2O+. The number of unbranched alkanes of at least 4 members (excludes halogenated alkanes) is 11. The summed E-state index contributed by atoms with van der Waals surface area (Å²) in [6.45, 7) is 7.37. The molecule has 0 radical (unpaired) electrons. The highest BCUT2D eigenvalue weighted by molar-refractivity contribution is 6.08. The van der Waals surface area contributed by atoms with Crippen molar-refractivity contribution in [3.63, 3.8) is 0 Å². The molecule has 2 aliphatic rings. The first-order chi connectivity index (χ1) is 15.0. The van der Waals surface area contributed by atoms with E-state index in [1.807, 2.05) is 0 Å². The van der Waals surface area contributed by atoms with E-state index in [2.05, 4.69) is 61.6 Å². The van der Waals surface area contributed by atoms with Gasteiger partial charge in [-0.25, -0.2) is 9.48 Å². The molecule has 1 aromatic carbocycles. The Morgan fingerprint density at radius 3 is 2.03 bits per heavy atom. The van der Waals surface area contributed by atoms with Crippen molar-refractivity contribution in [2.24, 2.45) is 0 Å². The maximum absolute atomic E-state index is 11.8. The summed E-state index contributed by atoms with van der Waals surface area (Å²) in [4.78, 5) is 2.26. The Bertz CT molecular complexity index is 794. The van der Waals surface area contributed by atoms with Gasteiger partial charge in [-0.05, 0) is 26.3 Å². The summed E-state index contributed by atoms with van der Waals surface area (Å²) in [5, 5.41) is 11.8. The topological polar surface area (TPSA) is 26.5 Å². The van der Waals surface area contributed by atoms with Crippen molar-refractivity contribution >= 4 is 11.5 Å². The number of aliphatic hydroxyl groups is 1. The maximum atomic E-state index is 11.8. The van der Waals surface area contributed by atoms with Crippen LogP contribution in [0.3, 0.4) is 0 Å². The van der Waals surface area contributed by atoms with Crippen LogP contribution >= 0.6 is 0 Å². The lowest BCUT2D eigenvalue weighted by Gasteiger charge is -2.31. The molecule has 0 saturated carbocycles. The Morgan fingerprint density at radius 1 is 0.871 bits per heavy atom. The van der Waals surface area contributed by atoms with Crippen molar-refractivity contribution in [3.05, 3.63) is 41.0 Å². The van der Waals surface area contributed by atoms with Gasteiger partial charge in [0, 0.05) is 23.1 Å². The lowest BCUT2D eigenvalue weighted by atomic mass is 9.95. The highest BCUT2D eigenvalue weighted by atomic mass is 16.3. The standard InChI is InChI=1S/C28H45N2O/c1-5-6-7-8-9-10-11-12-13-14-15-18-21-28(31)24(3)23(2)27-29(4)26-20-17-16-19-25(26)22-30(27)28/h16-17,19-20,31H,5-15,18,21-22H2,1-4H3/q+1. The zero-order valence-electron chi connectivity index (χ0n) is 20.6. The fourth-order valence-electron chi connectivity index (χ4n) is 5.48. The third kappa shape index (κ3) is 5.42. The molecule has 3 nitrogen and oxygen atoms in total. The SMILES string of the molecule is CCCCCCCCCCCCCCC1(O)C(C)=C(C)C2=[N+]1Cc1ccccc1N2C. The molecule has 2 heterocycles. The van der Waals surface area contributed by atoms with E-state index in [0.717, 1.165) is 25.0 Å². The number of para-hydroxylation sites is 1. The highest BCUT2D eigenvalue weighted by Gasteiger charge is 2.50. The fourth-order valence-corrected chi connectivity index (χ4v) is 5.48. The molecule has 0 aromatic heterocycles. The van der Waals surface area contributed by atoms with Crippen LogP contribution in [0.1, 0.15) is 110 Å². The smallest absolute Gasteiger partial charge is 0.282 e. The van der Waals surface area contributed by atoms with Gasteiger partial charge < -0.3 is 5.11 Å². The molecular weight excluding hydrogens is 380 g/mol. The van der Waals surface area contributed by atoms with Gasteiger partial charge in [-0.15, -0.1) is 0 Å². The van der Waals surface area contributed by atoms with Crippen molar-refractivity contribution in [1.82, 2.24) is 0 Å². The molecule has 1 N–H and O–H groups in total. The summed E-state index contributed by atoms with van der Waals surface area (Å²) in [5.41, 5.74) is 4.09. The van der Waals surface area contributed by atoms with Crippen molar-refractivity contribution in [2.45, 2.75) is 117 Å². The first-order valence-corrected chi connectivity index (χ1v) is 12.9. The van der Waals surface area contributed by atoms with Crippen molar-refractivity contribution in [2.75, 3.05) is 11.9 Å². The fraction of sp³-hybridized carbons (Fsp3) is 0.679. The van der Waals surface area contributed by atoms with Gasteiger partial charge >= 0.3 is 0 Å². The number of nitrogens with zero attached hydrogens (tertiary/aromatic N) is 2. The molecule has 1 atom stereocenters. The van der Waals surface area contributed by atoms with Gasteiger partial charge in [0.25, 0.3) is 5.84 Å². The van der Waals surface area contributed by atoms with E-state index in [0.29, 0.717) is 0 Å². The second-order valence-corrected chi connectivity index (χ2v) is 9.80. The van der Waals surface area contributed by atoms with E-state index in [9.17, 15) is 5.11 Å². The summed E-state index contributed by atoms with van der Waals surface area (Å²) in [7, 11) is 2.13. The Hall–Kier alpha value is -1.61. The molecule has 3 rings (SSSR count). The lowest BCUT2D eigenvalue weighted by Crippen LogP contribution is -2.47. The summed E-state index contributed by atoms with van der Waals surface area (Å²) in [6.07, 6.45) is 17.0. The van der Waals surface area contributed by atoms with Crippen LogP contribution in [0, 0.1) is 0 Å². The van der Waals surface area contributed by atoms with Crippen LogP contribution in [0.4, 0.5) is 5.69 Å². The van der Waals surface area contributed by atoms with Crippen molar-refractivity contribution in [1.29, 1.82) is 0 Å². The quantitative estimate of drug-likeness (QED) is 0.268. The van der Waals surface area contributed by atoms with Gasteiger partial charge in [0.05, 0.1) is 7.05 Å². The molecule has 2 aliphatic heterocycles. The van der Waals surface area contributed by atoms with Crippen LogP contribution in [0.25, 0.3) is 0 Å². The molecule has 0 aliphatic carbocycles. The Morgan fingerprint density at radius 2 is 1.42 bits per heavy atom. The second-order valence-electron chi connectivity index (χ2n) is 9.80. The van der Waals surface area contributed by atoms with Crippen LogP contribution in [0.2, 0.25) is 0 Å². The van der Waals surface area contributed by atoms with Crippen molar-refractivity contribution in [3.8, 4) is 0 Å². The number of fused-ring (bicyclic) bond motifs is 1. The zero-order chi connectivity index (χ0) is 22.3. The minimum Gasteiger partial charge on any atom is -0.350 e. The van der Waals surface area contributed by atoms with E-state index in [-0.39, 0.29) is 0 Å². The molecule has 172 valence electrons. The zero-order valence-corrected chi connectivity index (χ0v) is 20.6. The third-order valence-electron chi connectivity index (χ3n) is 7.58. The van der Waals surface area contributed by atoms with Crippen molar-refractivity contribution < 1.29 is 9.68 Å². The Labute approximate surface area is 190 Å². The molecule has 31 heavy (non-hydrogen) atoms. The van der Waals surface area contributed by atoms with Crippen LogP contribution in [0.5, 0.6) is 0 Å². The maximum Gasteiger partial charge on any atom is 0.282 e. The Balaban J connectivity index is 1.43. The van der Waals surface area contributed by atoms with E-state index >= 15 is 0 Å². The van der Waals surface area contributed by atoms with E-state index in [4.69, 9.17) is 0 Å². The van der Waals surface area contributed by atoms with Gasteiger partial charge in [-0.3, -0.25) is 0 Å². The predicted octanol–water partition coefficient (Wildman–Crippen LogP) is 7.18. The summed E-state index contributed by atoms with van der Waals surface area (Å²) in [6, 6.07) is 8.58. The highest BCUT2D eigenvalue weighted by Crippen LogP contribution is 2.39. The predicted molar refractivity (Wildman–Crippen MR) is 133 cm³/mol. The van der Waals surface area contributed by atoms with Gasteiger partial charge in [-0.2, -0.15) is 0 Å². The summed E-state index contributed by atoms with van der Waals surface area (Å²) >= 11 is 0. The van der Waals surface area contributed by atoms with E-state index in [1.54, 1.807) is 0 Å². The molecule has 3 heteroatoms. The molecule has 0 saturated heterocycles. The lowest BCUT2D eigenvalue weighted by molar-refractivity contribution is -0.657. The van der Waals surface area contributed by atoms with Gasteiger partial charge in [0.2, 0.25) is 5.72 Å². The van der Waals surface area contributed by atoms with Crippen LogP contribution < -0.4 is 4.90 Å². The van der Waals surface area contributed by atoms with Crippen LogP contribution in [-0.2, 0) is 6.54 Å². The molecule has 0 spiro atoms. The largest absolute Gasteiger partial charge is 0.350 e. The molecule has 0 bridgehead atoms. The first kappa shape index (κ1) is 24.0. The second kappa shape index (κ2) is 11.3. The van der Waals surface area contributed by atoms with Crippen LogP contribution in [0.15, 0.2) is 35.4 Å². The van der Waals surface area contributed by atoms with E-state index in [1.165, 1.54) is 93.3 Å². The van der Waals surface area contributed by atoms with Gasteiger partial charge in [0.15, 0.2) is 0 Å². The molecule has 1 unspecified atom stereocenters. The number of hydrogen-bond acceptors (Lipinski definition) is 2. The number of likely N-dealkylation sites (N-methyl/N-ethyl adjacent to an activating group) is 1. The minimum absolute atomic E-state index is 0.791. The summed E-state index contributed by atoms with van der Waals surface area (Å²) in [5.74, 6) is 1.18. The number of rotatable bonds is 13. The normalized spacial score (nSPS) is 20.5. The molecule has 0 amide bonds. The van der Waals surface area contributed by atoms with Gasteiger partial charge in [0.1, 0.15) is 12.2 Å². The number of anilines is 1. The first-order valence-electron chi connectivity index (χ1n) is 12.9. The minimum atomic E-state index is -0.834. The summed E-state index contributed by atoms with van der Waals surface area (Å²) < 4.78 is 2.25. The molecule has 1 aromatic rings. The Kier molecular flexibility index (Phi) is 8.77. The van der Waals surface area contributed by atoms with E-state index < -0.39 is 5.72 Å².